The molecule has 124 valence electrons. The van der Waals surface area contributed by atoms with Gasteiger partial charge in [-0.2, -0.15) is 5.10 Å². The number of aromatic nitrogens is 2. The van der Waals surface area contributed by atoms with Gasteiger partial charge in [0.2, 0.25) is 0 Å². The number of sulfonamides is 1. The first-order valence-corrected chi connectivity index (χ1v) is 8.26. The Hall–Kier alpha value is -2.55. The normalized spacial score (nSPS) is 11.3. The van der Waals surface area contributed by atoms with Crippen LogP contribution in [-0.4, -0.2) is 35.9 Å². The van der Waals surface area contributed by atoms with Gasteiger partial charge in [0, 0.05) is 13.1 Å². The highest BCUT2D eigenvalue weighted by Gasteiger charge is 2.19. The Balaban J connectivity index is 2.30. The molecule has 2 aromatic rings. The summed E-state index contributed by atoms with van der Waals surface area (Å²) in [4.78, 5) is 11.0. The summed E-state index contributed by atoms with van der Waals surface area (Å²) in [5.74, 6) is -0.642. The van der Waals surface area contributed by atoms with E-state index in [2.05, 4.69) is 9.82 Å². The summed E-state index contributed by atoms with van der Waals surface area (Å²) in [6, 6.07) is 5.63. The first-order valence-electron chi connectivity index (χ1n) is 6.78. The van der Waals surface area contributed by atoms with Crippen LogP contribution in [0.25, 0.3) is 0 Å². The van der Waals surface area contributed by atoms with Crippen LogP contribution in [0.3, 0.4) is 0 Å². The SMILES string of the molecule is CCOc1ccc(S(=O)(=O)Nc2cc(C(=O)O)n(C)n2)cc1C. The number of carboxylic acid groups (broad SMARTS) is 1. The largest absolute Gasteiger partial charge is 0.494 e. The molecule has 0 saturated heterocycles. The third-order valence-electron chi connectivity index (χ3n) is 3.09. The summed E-state index contributed by atoms with van der Waals surface area (Å²) in [5.41, 5.74) is 0.563. The minimum atomic E-state index is -3.87. The van der Waals surface area contributed by atoms with Gasteiger partial charge in [0.1, 0.15) is 11.4 Å². The van der Waals surface area contributed by atoms with E-state index in [4.69, 9.17) is 9.84 Å². The average Bonchev–Trinajstić information content (AvgIpc) is 2.81. The van der Waals surface area contributed by atoms with E-state index in [-0.39, 0.29) is 16.4 Å². The summed E-state index contributed by atoms with van der Waals surface area (Å²) in [6.45, 7) is 4.07. The molecule has 0 radical (unpaired) electrons. The number of carboxylic acids is 1. The smallest absolute Gasteiger partial charge is 0.354 e. The molecule has 2 rings (SSSR count). The van der Waals surface area contributed by atoms with Crippen molar-refractivity contribution in [1.29, 1.82) is 0 Å². The number of rotatable bonds is 6. The van der Waals surface area contributed by atoms with Gasteiger partial charge in [-0.05, 0) is 37.6 Å². The minimum absolute atomic E-state index is 0.0426. The van der Waals surface area contributed by atoms with Crippen molar-refractivity contribution >= 4 is 21.8 Å². The monoisotopic (exact) mass is 339 g/mol. The van der Waals surface area contributed by atoms with Gasteiger partial charge in [0.15, 0.2) is 5.82 Å². The van der Waals surface area contributed by atoms with E-state index in [1.807, 2.05) is 6.92 Å². The molecule has 9 heteroatoms. The maximum absolute atomic E-state index is 12.4. The van der Waals surface area contributed by atoms with Crippen molar-refractivity contribution in [2.24, 2.45) is 7.05 Å². The van der Waals surface area contributed by atoms with Gasteiger partial charge in [-0.15, -0.1) is 0 Å². The van der Waals surface area contributed by atoms with Gasteiger partial charge in [-0.25, -0.2) is 13.2 Å². The first kappa shape index (κ1) is 16.8. The van der Waals surface area contributed by atoms with Crippen molar-refractivity contribution in [2.45, 2.75) is 18.7 Å². The molecule has 2 N–H and O–H groups in total. The van der Waals surface area contributed by atoms with Crippen LogP contribution in [0.15, 0.2) is 29.2 Å². The van der Waals surface area contributed by atoms with E-state index >= 15 is 0 Å². The molecule has 0 saturated carbocycles. The van der Waals surface area contributed by atoms with Crippen molar-refractivity contribution in [1.82, 2.24) is 9.78 Å². The van der Waals surface area contributed by atoms with Gasteiger partial charge in [-0.3, -0.25) is 9.40 Å². The van der Waals surface area contributed by atoms with Crippen molar-refractivity contribution in [3.05, 3.63) is 35.5 Å². The molecule has 0 aliphatic rings. The van der Waals surface area contributed by atoms with Crippen molar-refractivity contribution < 1.29 is 23.1 Å². The molecule has 0 fully saturated rings. The van der Waals surface area contributed by atoms with Gasteiger partial charge < -0.3 is 9.84 Å². The van der Waals surface area contributed by atoms with Crippen LogP contribution in [0, 0.1) is 6.92 Å². The number of aromatic carboxylic acids is 1. The van der Waals surface area contributed by atoms with Crippen LogP contribution in [0.2, 0.25) is 0 Å². The maximum atomic E-state index is 12.4. The lowest BCUT2D eigenvalue weighted by atomic mass is 10.2. The highest BCUT2D eigenvalue weighted by atomic mass is 32.2. The van der Waals surface area contributed by atoms with Crippen LogP contribution >= 0.6 is 0 Å². The topological polar surface area (TPSA) is 111 Å². The second kappa shape index (κ2) is 6.29. The van der Waals surface area contributed by atoms with Crippen LogP contribution < -0.4 is 9.46 Å². The number of nitrogens with one attached hydrogen (secondary N) is 1. The third kappa shape index (κ3) is 3.62. The number of hydrogen-bond donors (Lipinski definition) is 2. The van der Waals surface area contributed by atoms with Gasteiger partial charge >= 0.3 is 5.97 Å². The molecule has 0 bridgehead atoms. The van der Waals surface area contributed by atoms with Crippen LogP contribution in [0.5, 0.6) is 5.75 Å². The molecule has 0 spiro atoms. The van der Waals surface area contributed by atoms with Gasteiger partial charge in [-0.1, -0.05) is 0 Å². The molecular formula is C14H17N3O5S. The Bertz CT molecular complexity index is 842. The predicted octanol–water partition coefficient (Wildman–Crippen LogP) is 1.63. The van der Waals surface area contributed by atoms with Crippen LogP contribution in [0.4, 0.5) is 5.82 Å². The van der Waals surface area contributed by atoms with Gasteiger partial charge in [0.05, 0.1) is 11.5 Å². The van der Waals surface area contributed by atoms with E-state index in [1.54, 1.807) is 13.0 Å². The van der Waals surface area contributed by atoms with E-state index in [0.29, 0.717) is 17.9 Å². The standard InChI is InChI=1S/C14H17N3O5S/c1-4-22-12-6-5-10(7-9(12)2)23(20,21)16-13-8-11(14(18)19)17(3)15-13/h5-8H,4H2,1-3H3,(H,15,16)(H,18,19). The number of aryl methyl sites for hydroxylation is 2. The van der Waals surface area contributed by atoms with Crippen molar-refractivity contribution in [3.63, 3.8) is 0 Å². The molecule has 1 aromatic heterocycles. The fourth-order valence-corrected chi connectivity index (χ4v) is 3.09. The number of anilines is 1. The minimum Gasteiger partial charge on any atom is -0.494 e. The first-order chi connectivity index (χ1) is 10.7. The Kier molecular flexibility index (Phi) is 4.60. The number of ether oxygens (including phenoxy) is 1. The lowest BCUT2D eigenvalue weighted by Crippen LogP contribution is -2.14. The summed E-state index contributed by atoms with van der Waals surface area (Å²) < 4.78 is 33.5. The molecule has 23 heavy (non-hydrogen) atoms. The Morgan fingerprint density at radius 2 is 2.09 bits per heavy atom. The predicted molar refractivity (Wildman–Crippen MR) is 83.3 cm³/mol. The number of carbonyl (C=O) groups is 1. The van der Waals surface area contributed by atoms with Crippen molar-refractivity contribution in [2.75, 3.05) is 11.3 Å². The van der Waals surface area contributed by atoms with E-state index < -0.39 is 16.0 Å². The van der Waals surface area contributed by atoms with E-state index in [1.165, 1.54) is 19.2 Å². The zero-order valence-electron chi connectivity index (χ0n) is 12.9. The second-order valence-electron chi connectivity index (χ2n) is 4.81. The van der Waals surface area contributed by atoms with E-state index in [0.717, 1.165) is 10.7 Å². The molecule has 0 aliphatic heterocycles. The van der Waals surface area contributed by atoms with Crippen LogP contribution in [-0.2, 0) is 17.1 Å². The molecule has 1 heterocycles. The zero-order valence-corrected chi connectivity index (χ0v) is 13.7. The molecule has 0 unspecified atom stereocenters. The van der Waals surface area contributed by atoms with Gasteiger partial charge in [0.25, 0.3) is 10.0 Å². The molecule has 0 aliphatic carbocycles. The third-order valence-corrected chi connectivity index (χ3v) is 4.45. The molecule has 1 aromatic carbocycles. The fraction of sp³-hybridized carbons (Fsp3) is 0.286. The Morgan fingerprint density at radius 1 is 1.39 bits per heavy atom. The maximum Gasteiger partial charge on any atom is 0.354 e. The highest BCUT2D eigenvalue weighted by molar-refractivity contribution is 7.92. The van der Waals surface area contributed by atoms with Crippen molar-refractivity contribution in [3.8, 4) is 5.75 Å². The molecular weight excluding hydrogens is 322 g/mol. The quantitative estimate of drug-likeness (QED) is 0.827. The molecule has 0 atom stereocenters. The second-order valence-corrected chi connectivity index (χ2v) is 6.49. The molecule has 8 nitrogen and oxygen atoms in total. The van der Waals surface area contributed by atoms with E-state index in [9.17, 15) is 13.2 Å². The average molecular weight is 339 g/mol. The van der Waals surface area contributed by atoms with Crippen LogP contribution in [0.1, 0.15) is 23.0 Å². The summed E-state index contributed by atoms with van der Waals surface area (Å²) >= 11 is 0. The number of nitrogens with zero attached hydrogens (tertiary/aromatic N) is 2. The number of benzene rings is 1. The fourth-order valence-electron chi connectivity index (χ4n) is 2.02. The Labute approximate surface area is 133 Å². The lowest BCUT2D eigenvalue weighted by Gasteiger charge is -2.10. The summed E-state index contributed by atoms with van der Waals surface area (Å²) in [5, 5.41) is 12.8. The zero-order chi connectivity index (χ0) is 17.2. The highest BCUT2D eigenvalue weighted by Crippen LogP contribution is 2.23. The number of hydrogen-bond acceptors (Lipinski definition) is 5. The molecule has 0 amide bonds. The summed E-state index contributed by atoms with van der Waals surface area (Å²) in [6.07, 6.45) is 0. The summed E-state index contributed by atoms with van der Waals surface area (Å²) in [7, 11) is -2.45. The lowest BCUT2D eigenvalue weighted by molar-refractivity contribution is 0.0685. The Morgan fingerprint density at radius 3 is 2.61 bits per heavy atom.